The smallest absolute Gasteiger partial charge is 0.123 e. The Bertz CT molecular complexity index is 402. The van der Waals surface area contributed by atoms with Crippen LogP contribution in [0.4, 0.5) is 0 Å². The number of benzene rings is 1. The number of methoxy groups -OCH3 is 1. The van der Waals surface area contributed by atoms with Gasteiger partial charge in [0, 0.05) is 12.2 Å². The van der Waals surface area contributed by atoms with Gasteiger partial charge in [0.05, 0.1) is 19.8 Å². The van der Waals surface area contributed by atoms with Crippen LogP contribution < -0.4 is 10.5 Å². The standard InChI is InChI=1S/C16H25NO2/c1-12-6-7-16(18-2)14(10-12)15(17)11-19-9-8-13-4-3-5-13/h6-7,10,13,15H,3-5,8-9,11,17H2,1-2H3. The molecule has 0 aromatic heterocycles. The number of ether oxygens (including phenoxy) is 2. The summed E-state index contributed by atoms with van der Waals surface area (Å²) in [5.74, 6) is 1.74. The maximum Gasteiger partial charge on any atom is 0.123 e. The monoisotopic (exact) mass is 263 g/mol. The maximum absolute atomic E-state index is 6.20. The van der Waals surface area contributed by atoms with E-state index in [0.717, 1.165) is 23.8 Å². The van der Waals surface area contributed by atoms with E-state index in [1.54, 1.807) is 7.11 Å². The topological polar surface area (TPSA) is 44.5 Å². The van der Waals surface area contributed by atoms with Crippen molar-refractivity contribution in [2.24, 2.45) is 11.7 Å². The molecule has 2 N–H and O–H groups in total. The third kappa shape index (κ3) is 3.95. The molecule has 1 aromatic rings. The molecule has 3 heteroatoms. The van der Waals surface area contributed by atoms with Crippen molar-refractivity contribution in [3.8, 4) is 5.75 Å². The highest BCUT2D eigenvalue weighted by Gasteiger charge is 2.17. The minimum atomic E-state index is -0.115. The van der Waals surface area contributed by atoms with Crippen LogP contribution in [0.3, 0.4) is 0 Å². The minimum Gasteiger partial charge on any atom is -0.496 e. The van der Waals surface area contributed by atoms with Crippen LogP contribution in [0.25, 0.3) is 0 Å². The molecule has 0 heterocycles. The molecule has 1 aliphatic carbocycles. The van der Waals surface area contributed by atoms with Crippen molar-refractivity contribution in [3.05, 3.63) is 29.3 Å². The van der Waals surface area contributed by atoms with E-state index in [1.807, 2.05) is 12.1 Å². The van der Waals surface area contributed by atoms with Gasteiger partial charge >= 0.3 is 0 Å². The van der Waals surface area contributed by atoms with Crippen LogP contribution >= 0.6 is 0 Å². The van der Waals surface area contributed by atoms with E-state index in [1.165, 1.54) is 31.2 Å². The molecule has 19 heavy (non-hydrogen) atoms. The van der Waals surface area contributed by atoms with Gasteiger partial charge in [-0.25, -0.2) is 0 Å². The van der Waals surface area contributed by atoms with Crippen LogP contribution in [-0.2, 0) is 4.74 Å². The summed E-state index contributed by atoms with van der Waals surface area (Å²) >= 11 is 0. The summed E-state index contributed by atoms with van der Waals surface area (Å²) in [5, 5.41) is 0. The van der Waals surface area contributed by atoms with Gasteiger partial charge in [0.2, 0.25) is 0 Å². The zero-order valence-electron chi connectivity index (χ0n) is 12.0. The molecule has 1 aromatic carbocycles. The number of aryl methyl sites for hydroxylation is 1. The normalized spacial score (nSPS) is 17.0. The second-order valence-corrected chi connectivity index (χ2v) is 5.51. The Labute approximate surface area is 116 Å². The molecule has 0 bridgehead atoms. The molecule has 1 aliphatic rings. The summed E-state index contributed by atoms with van der Waals surface area (Å²) in [4.78, 5) is 0. The van der Waals surface area contributed by atoms with E-state index in [-0.39, 0.29) is 6.04 Å². The third-order valence-corrected chi connectivity index (χ3v) is 3.98. The third-order valence-electron chi connectivity index (χ3n) is 3.98. The lowest BCUT2D eigenvalue weighted by Crippen LogP contribution is -2.20. The van der Waals surface area contributed by atoms with Crippen molar-refractivity contribution in [1.29, 1.82) is 0 Å². The van der Waals surface area contributed by atoms with Crippen LogP contribution in [0.1, 0.15) is 42.9 Å². The number of nitrogens with two attached hydrogens (primary N) is 1. The fourth-order valence-corrected chi connectivity index (χ4v) is 2.48. The van der Waals surface area contributed by atoms with Crippen molar-refractivity contribution >= 4 is 0 Å². The quantitative estimate of drug-likeness (QED) is 0.768. The van der Waals surface area contributed by atoms with Crippen LogP contribution in [-0.4, -0.2) is 20.3 Å². The SMILES string of the molecule is COc1ccc(C)cc1C(N)COCCC1CCC1. The van der Waals surface area contributed by atoms with Crippen LogP contribution in [0.15, 0.2) is 18.2 Å². The van der Waals surface area contributed by atoms with Crippen molar-refractivity contribution in [3.63, 3.8) is 0 Å². The largest absolute Gasteiger partial charge is 0.496 e. The van der Waals surface area contributed by atoms with Crippen LogP contribution in [0.5, 0.6) is 5.75 Å². The Balaban J connectivity index is 1.80. The molecule has 2 rings (SSSR count). The molecule has 1 unspecified atom stereocenters. The first-order valence-electron chi connectivity index (χ1n) is 7.18. The lowest BCUT2D eigenvalue weighted by atomic mass is 9.83. The van der Waals surface area contributed by atoms with Gasteiger partial charge in [-0.2, -0.15) is 0 Å². The first-order valence-corrected chi connectivity index (χ1v) is 7.18. The molecule has 0 spiro atoms. The minimum absolute atomic E-state index is 0.115. The molecule has 1 fully saturated rings. The van der Waals surface area contributed by atoms with E-state index in [9.17, 15) is 0 Å². The molecule has 0 amide bonds. The van der Waals surface area contributed by atoms with E-state index < -0.39 is 0 Å². The fourth-order valence-electron chi connectivity index (χ4n) is 2.48. The van der Waals surface area contributed by atoms with Gasteiger partial charge in [-0.05, 0) is 25.3 Å². The number of rotatable bonds is 7. The number of hydrogen-bond donors (Lipinski definition) is 1. The lowest BCUT2D eigenvalue weighted by Gasteiger charge is -2.25. The zero-order chi connectivity index (χ0) is 13.7. The Kier molecular flexibility index (Phi) is 5.23. The Morgan fingerprint density at radius 3 is 2.79 bits per heavy atom. The van der Waals surface area contributed by atoms with Crippen molar-refractivity contribution in [2.45, 2.75) is 38.6 Å². The summed E-state index contributed by atoms with van der Waals surface area (Å²) < 4.78 is 11.1. The first-order chi connectivity index (χ1) is 9.20. The summed E-state index contributed by atoms with van der Waals surface area (Å²) in [6.45, 7) is 3.45. The molecule has 106 valence electrons. The summed E-state index contributed by atoms with van der Waals surface area (Å²) in [6, 6.07) is 5.97. The van der Waals surface area contributed by atoms with Crippen LogP contribution in [0.2, 0.25) is 0 Å². The Hall–Kier alpha value is -1.06. The zero-order valence-corrected chi connectivity index (χ0v) is 12.0. The van der Waals surface area contributed by atoms with Gasteiger partial charge in [0.15, 0.2) is 0 Å². The Morgan fingerprint density at radius 1 is 1.37 bits per heavy atom. The van der Waals surface area contributed by atoms with E-state index in [0.29, 0.717) is 6.61 Å². The molecular formula is C16H25NO2. The van der Waals surface area contributed by atoms with Gasteiger partial charge in [-0.1, -0.05) is 37.0 Å². The first kappa shape index (κ1) is 14.4. The van der Waals surface area contributed by atoms with Gasteiger partial charge in [-0.15, -0.1) is 0 Å². The molecule has 1 atom stereocenters. The highest BCUT2D eigenvalue weighted by molar-refractivity contribution is 5.39. The summed E-state index contributed by atoms with van der Waals surface area (Å²) in [6.07, 6.45) is 5.32. The second kappa shape index (κ2) is 6.92. The Morgan fingerprint density at radius 2 is 2.16 bits per heavy atom. The van der Waals surface area contributed by atoms with Gasteiger partial charge in [-0.3, -0.25) is 0 Å². The van der Waals surface area contributed by atoms with E-state index in [2.05, 4.69) is 13.0 Å². The van der Waals surface area contributed by atoms with E-state index >= 15 is 0 Å². The van der Waals surface area contributed by atoms with E-state index in [4.69, 9.17) is 15.2 Å². The summed E-state index contributed by atoms with van der Waals surface area (Å²) in [7, 11) is 1.68. The second-order valence-electron chi connectivity index (χ2n) is 5.51. The summed E-state index contributed by atoms with van der Waals surface area (Å²) in [5.41, 5.74) is 8.43. The van der Waals surface area contributed by atoms with Crippen molar-refractivity contribution < 1.29 is 9.47 Å². The average molecular weight is 263 g/mol. The number of hydrogen-bond acceptors (Lipinski definition) is 3. The molecular weight excluding hydrogens is 238 g/mol. The molecule has 1 saturated carbocycles. The van der Waals surface area contributed by atoms with Gasteiger partial charge < -0.3 is 15.2 Å². The molecule has 0 radical (unpaired) electrons. The predicted octanol–water partition coefficient (Wildman–Crippen LogP) is 3.21. The lowest BCUT2D eigenvalue weighted by molar-refractivity contribution is 0.0957. The molecule has 3 nitrogen and oxygen atoms in total. The highest BCUT2D eigenvalue weighted by atomic mass is 16.5. The van der Waals surface area contributed by atoms with Crippen molar-refractivity contribution in [1.82, 2.24) is 0 Å². The molecule has 0 aliphatic heterocycles. The fraction of sp³-hybridized carbons (Fsp3) is 0.625. The van der Waals surface area contributed by atoms with Crippen molar-refractivity contribution in [2.75, 3.05) is 20.3 Å². The average Bonchev–Trinajstić information content (AvgIpc) is 2.36. The molecule has 0 saturated heterocycles. The highest BCUT2D eigenvalue weighted by Crippen LogP contribution is 2.29. The van der Waals surface area contributed by atoms with Gasteiger partial charge in [0.25, 0.3) is 0 Å². The van der Waals surface area contributed by atoms with Crippen LogP contribution in [0, 0.1) is 12.8 Å². The maximum atomic E-state index is 6.20. The van der Waals surface area contributed by atoms with Gasteiger partial charge in [0.1, 0.15) is 5.75 Å². The predicted molar refractivity (Wildman–Crippen MR) is 77.4 cm³/mol.